The molecule has 0 radical (unpaired) electrons. The molecule has 41 heavy (non-hydrogen) atoms. The first-order valence-corrected chi connectivity index (χ1v) is 13.0. The molecule has 0 bridgehead atoms. The molecule has 2 N–H and O–H groups in total. The first-order valence-electron chi connectivity index (χ1n) is 13.0. The number of likely N-dealkylation sites (tertiary alicyclic amines) is 1. The second-order valence-corrected chi connectivity index (χ2v) is 10.5. The molecular weight excluding hydrogens is 535 g/mol. The van der Waals surface area contributed by atoms with Crippen molar-refractivity contribution in [3.05, 3.63) is 114 Å². The highest BCUT2D eigenvalue weighted by molar-refractivity contribution is 6.09. The number of aliphatic carboxylic acids is 1. The third-order valence-corrected chi connectivity index (χ3v) is 8.04. The molecule has 2 fully saturated rings. The number of imide groups is 1. The summed E-state index contributed by atoms with van der Waals surface area (Å²) in [6.07, 6.45) is -3.31. The Labute approximate surface area is 232 Å². The summed E-state index contributed by atoms with van der Waals surface area (Å²) < 4.78 is 40.8. The first kappa shape index (κ1) is 26.6. The monoisotopic (exact) mass is 559 g/mol. The van der Waals surface area contributed by atoms with Crippen molar-refractivity contribution in [1.29, 1.82) is 0 Å². The summed E-state index contributed by atoms with van der Waals surface area (Å²) in [4.78, 5) is 46.0. The van der Waals surface area contributed by atoms with Crippen LogP contribution in [0.1, 0.15) is 28.4 Å². The highest BCUT2D eigenvalue weighted by atomic mass is 19.4. The van der Waals surface area contributed by atoms with Crippen LogP contribution < -0.4 is 5.32 Å². The van der Waals surface area contributed by atoms with Gasteiger partial charge in [-0.1, -0.05) is 60.7 Å². The molecular formula is C31H24F3N3O4. The van der Waals surface area contributed by atoms with Gasteiger partial charge in [-0.25, -0.2) is 0 Å². The summed E-state index contributed by atoms with van der Waals surface area (Å²) in [6, 6.07) is 21.2. The van der Waals surface area contributed by atoms with E-state index < -0.39 is 52.9 Å². The van der Waals surface area contributed by atoms with E-state index in [4.69, 9.17) is 0 Å². The zero-order valence-electron chi connectivity index (χ0n) is 21.5. The summed E-state index contributed by atoms with van der Waals surface area (Å²) in [5, 5.41) is 15.5. The number of benzene rings is 3. The largest absolute Gasteiger partial charge is 0.480 e. The fourth-order valence-electron chi connectivity index (χ4n) is 6.17. The molecule has 4 atom stereocenters. The quantitative estimate of drug-likeness (QED) is 0.331. The minimum Gasteiger partial charge on any atom is -0.480 e. The van der Waals surface area contributed by atoms with E-state index in [1.165, 1.54) is 18.3 Å². The number of fused-ring (bicyclic) bond motifs is 2. The number of carbonyl (C=O) groups excluding carboxylic acids is 2. The summed E-state index contributed by atoms with van der Waals surface area (Å²) in [5.74, 6) is -5.30. The van der Waals surface area contributed by atoms with E-state index in [1.54, 1.807) is 24.3 Å². The number of hydrogen-bond acceptors (Lipinski definition) is 5. The Morgan fingerprint density at radius 1 is 0.927 bits per heavy atom. The SMILES string of the molecule is O=C1C2C(c3cccc(C(F)(F)F)c3)NC(Cc3ccc4ccccc4c3)(C(=O)O)C2C(=O)N1Cc1ccccn1. The second kappa shape index (κ2) is 9.81. The van der Waals surface area contributed by atoms with Gasteiger partial charge in [0.15, 0.2) is 0 Å². The van der Waals surface area contributed by atoms with Gasteiger partial charge < -0.3 is 5.11 Å². The predicted octanol–water partition coefficient (Wildman–Crippen LogP) is 4.77. The van der Waals surface area contributed by atoms with Crippen LogP contribution in [0.3, 0.4) is 0 Å². The Bertz CT molecular complexity index is 1680. The summed E-state index contributed by atoms with van der Waals surface area (Å²) in [6.45, 7) is -0.174. The topological polar surface area (TPSA) is 99.6 Å². The van der Waals surface area contributed by atoms with Gasteiger partial charge in [0.2, 0.25) is 11.8 Å². The number of hydrogen-bond donors (Lipinski definition) is 2. The van der Waals surface area contributed by atoms with Crippen molar-refractivity contribution in [2.45, 2.75) is 30.7 Å². The van der Waals surface area contributed by atoms with Gasteiger partial charge in [0.05, 0.1) is 29.6 Å². The zero-order valence-corrected chi connectivity index (χ0v) is 21.5. The molecule has 3 aromatic carbocycles. The molecule has 4 unspecified atom stereocenters. The molecule has 2 aliphatic rings. The highest BCUT2D eigenvalue weighted by Gasteiger charge is 2.68. The maximum Gasteiger partial charge on any atom is 0.416 e. The molecule has 208 valence electrons. The molecule has 2 amide bonds. The maximum absolute atomic E-state index is 13.9. The van der Waals surface area contributed by atoms with E-state index >= 15 is 0 Å². The predicted molar refractivity (Wildman–Crippen MR) is 142 cm³/mol. The number of aromatic nitrogens is 1. The number of rotatable bonds is 6. The lowest BCUT2D eigenvalue weighted by atomic mass is 9.76. The van der Waals surface area contributed by atoms with E-state index in [-0.39, 0.29) is 18.5 Å². The number of carboxylic acid groups (broad SMARTS) is 1. The van der Waals surface area contributed by atoms with Crippen LogP contribution in [0.2, 0.25) is 0 Å². The summed E-state index contributed by atoms with van der Waals surface area (Å²) >= 11 is 0. The zero-order chi connectivity index (χ0) is 28.9. The van der Waals surface area contributed by atoms with Gasteiger partial charge in [0.25, 0.3) is 0 Å². The number of nitrogens with one attached hydrogen (secondary N) is 1. The molecule has 1 aromatic heterocycles. The van der Waals surface area contributed by atoms with Crippen molar-refractivity contribution in [3.8, 4) is 0 Å². The Kier molecular flexibility index (Phi) is 6.37. The van der Waals surface area contributed by atoms with Gasteiger partial charge >= 0.3 is 12.1 Å². The molecule has 2 aliphatic heterocycles. The molecule has 6 rings (SSSR count). The lowest BCUT2D eigenvalue weighted by molar-refractivity contribution is -0.151. The Morgan fingerprint density at radius 3 is 2.39 bits per heavy atom. The number of carboxylic acids is 1. The van der Waals surface area contributed by atoms with E-state index in [1.807, 2.05) is 36.4 Å². The second-order valence-electron chi connectivity index (χ2n) is 10.5. The number of halogens is 3. The van der Waals surface area contributed by atoms with E-state index in [2.05, 4.69) is 10.3 Å². The molecule has 4 aromatic rings. The van der Waals surface area contributed by atoms with Gasteiger partial charge in [-0.15, -0.1) is 0 Å². The Balaban J connectivity index is 1.47. The fourth-order valence-corrected chi connectivity index (χ4v) is 6.17. The van der Waals surface area contributed by atoms with Gasteiger partial charge in [0.1, 0.15) is 5.54 Å². The van der Waals surface area contributed by atoms with Crippen LogP contribution in [-0.2, 0) is 33.5 Å². The molecule has 0 saturated carbocycles. The van der Waals surface area contributed by atoms with Crippen molar-refractivity contribution >= 4 is 28.6 Å². The average molecular weight is 560 g/mol. The smallest absolute Gasteiger partial charge is 0.416 e. The van der Waals surface area contributed by atoms with E-state index in [9.17, 15) is 32.7 Å². The fraction of sp³-hybridized carbons (Fsp3) is 0.226. The third kappa shape index (κ3) is 4.54. The molecule has 0 spiro atoms. The first-order chi connectivity index (χ1) is 19.6. The maximum atomic E-state index is 13.9. The van der Waals surface area contributed by atoms with Crippen LogP contribution in [0, 0.1) is 11.8 Å². The van der Waals surface area contributed by atoms with Crippen LogP contribution in [0.25, 0.3) is 10.8 Å². The van der Waals surface area contributed by atoms with Crippen LogP contribution >= 0.6 is 0 Å². The number of pyridine rings is 1. The number of carbonyl (C=O) groups is 3. The van der Waals surface area contributed by atoms with Crippen LogP contribution in [-0.4, -0.2) is 38.3 Å². The minimum atomic E-state index is -4.65. The summed E-state index contributed by atoms with van der Waals surface area (Å²) in [5.41, 5.74) is -1.79. The van der Waals surface area contributed by atoms with Crippen molar-refractivity contribution in [3.63, 3.8) is 0 Å². The van der Waals surface area contributed by atoms with Crippen molar-refractivity contribution in [2.24, 2.45) is 11.8 Å². The molecule has 10 heteroatoms. The molecule has 2 saturated heterocycles. The number of amides is 2. The normalized spacial score (nSPS) is 24.2. The van der Waals surface area contributed by atoms with Crippen molar-refractivity contribution < 1.29 is 32.7 Å². The van der Waals surface area contributed by atoms with Crippen molar-refractivity contribution in [2.75, 3.05) is 0 Å². The van der Waals surface area contributed by atoms with Crippen LogP contribution in [0.4, 0.5) is 13.2 Å². The van der Waals surface area contributed by atoms with Gasteiger partial charge in [-0.2, -0.15) is 13.2 Å². The Hall–Kier alpha value is -4.57. The Morgan fingerprint density at radius 2 is 1.68 bits per heavy atom. The lowest BCUT2D eigenvalue weighted by Crippen LogP contribution is -2.57. The molecule has 0 aliphatic carbocycles. The van der Waals surface area contributed by atoms with Gasteiger partial charge in [-0.3, -0.25) is 29.6 Å². The van der Waals surface area contributed by atoms with Gasteiger partial charge in [-0.05, 0) is 46.2 Å². The standard InChI is InChI=1S/C31H24F3N3O4/c32-31(33,34)22-9-5-8-21(15-22)26-24-25(28(39)37(27(24)38)17-23-10-3-4-13-35-23)30(36-26,29(40)41)16-18-11-12-19-6-1-2-7-20(19)14-18/h1-15,24-26,36H,16-17H2,(H,40,41). The van der Waals surface area contributed by atoms with Crippen LogP contribution in [0.15, 0.2) is 91.1 Å². The van der Waals surface area contributed by atoms with Crippen molar-refractivity contribution in [1.82, 2.24) is 15.2 Å². The lowest BCUT2D eigenvalue weighted by Gasteiger charge is -2.31. The van der Waals surface area contributed by atoms with Gasteiger partial charge in [0, 0.05) is 18.7 Å². The average Bonchev–Trinajstić information content (AvgIpc) is 3.43. The van der Waals surface area contributed by atoms with E-state index in [0.717, 1.165) is 27.8 Å². The van der Waals surface area contributed by atoms with E-state index in [0.29, 0.717) is 11.3 Å². The minimum absolute atomic E-state index is 0.0808. The number of alkyl halides is 3. The van der Waals surface area contributed by atoms with Crippen LogP contribution in [0.5, 0.6) is 0 Å². The summed E-state index contributed by atoms with van der Waals surface area (Å²) in [7, 11) is 0. The molecule has 7 nitrogen and oxygen atoms in total. The highest BCUT2D eigenvalue weighted by Crippen LogP contribution is 2.50. The molecule has 3 heterocycles. The third-order valence-electron chi connectivity index (χ3n) is 8.04. The number of nitrogens with zero attached hydrogens (tertiary/aromatic N) is 2.